The zero-order chi connectivity index (χ0) is 13.1. The molecule has 0 unspecified atom stereocenters. The van der Waals surface area contributed by atoms with Crippen molar-refractivity contribution in [3.05, 3.63) is 57.5 Å². The van der Waals surface area contributed by atoms with Crippen LogP contribution in [0.3, 0.4) is 0 Å². The highest BCUT2D eigenvalue weighted by Gasteiger charge is 2.18. The number of hydrogen-bond donors (Lipinski definition) is 0. The summed E-state index contributed by atoms with van der Waals surface area (Å²) in [6, 6.07) is 8.56. The van der Waals surface area contributed by atoms with Crippen LogP contribution in [0.4, 0.5) is 11.6 Å². The summed E-state index contributed by atoms with van der Waals surface area (Å²) in [5, 5.41) is 22.4. The van der Waals surface area contributed by atoms with Crippen LogP contribution in [0.15, 0.2) is 36.5 Å². The molecule has 0 saturated heterocycles. The Balaban J connectivity index is 2.37. The second kappa shape index (κ2) is 4.66. The van der Waals surface area contributed by atoms with Gasteiger partial charge in [0.2, 0.25) is 17.6 Å². The molecule has 7 heteroatoms. The quantitative estimate of drug-likeness (QED) is 0.270. The van der Waals surface area contributed by atoms with Gasteiger partial charge in [0.05, 0.1) is 7.05 Å². The topological polar surface area (TPSA) is 87.0 Å². The van der Waals surface area contributed by atoms with E-state index in [1.54, 1.807) is 30.3 Å². The monoisotopic (exact) mass is 246 g/mol. The lowest BCUT2D eigenvalue weighted by molar-refractivity contribution is -0.396. The van der Waals surface area contributed by atoms with Gasteiger partial charge in [-0.25, -0.2) is 4.57 Å². The third-order valence-electron chi connectivity index (χ3n) is 2.42. The minimum absolute atomic E-state index is 0.303. The maximum atomic E-state index is 11.8. The highest BCUT2D eigenvalue weighted by Crippen LogP contribution is 2.12. The second-order valence-corrected chi connectivity index (χ2v) is 3.59. The molecule has 0 N–H and O–H groups in total. The van der Waals surface area contributed by atoms with Crippen LogP contribution >= 0.6 is 0 Å². The van der Waals surface area contributed by atoms with Gasteiger partial charge in [0, 0.05) is 12.1 Å². The number of hydrogen-bond acceptors (Lipinski definition) is 4. The van der Waals surface area contributed by atoms with Crippen LogP contribution in [0.5, 0.6) is 0 Å². The van der Waals surface area contributed by atoms with Crippen molar-refractivity contribution in [2.75, 3.05) is 0 Å². The largest absolute Gasteiger partial charge is 0.618 e. The smallest absolute Gasteiger partial charge is 0.435 e. The fourth-order valence-electron chi connectivity index (χ4n) is 1.47. The molecule has 0 spiro atoms. The summed E-state index contributed by atoms with van der Waals surface area (Å²) < 4.78 is 1.88. The molecule has 92 valence electrons. The van der Waals surface area contributed by atoms with Gasteiger partial charge in [0.1, 0.15) is 0 Å². The van der Waals surface area contributed by atoms with Gasteiger partial charge < -0.3 is 15.3 Å². The van der Waals surface area contributed by atoms with Gasteiger partial charge in [0.25, 0.3) is 0 Å². The maximum absolute atomic E-state index is 11.8. The number of benzene rings is 1. The Bertz CT molecular complexity index is 604. The summed E-state index contributed by atoms with van der Waals surface area (Å²) in [7, 11) is 1.48. The summed E-state index contributed by atoms with van der Waals surface area (Å²) in [6.07, 6.45) is 2.53. The van der Waals surface area contributed by atoms with E-state index in [-0.39, 0.29) is 5.95 Å². The summed E-state index contributed by atoms with van der Waals surface area (Å²) in [5.74, 6) is -0.303. The second-order valence-electron chi connectivity index (χ2n) is 3.59. The van der Waals surface area contributed by atoms with E-state index in [1.165, 1.54) is 24.0 Å². The molecule has 0 atom stereocenters. The standard InChI is InChI=1S/C11H10N4O3/c1-13-10(7-12-11(13)15(17)18)8-14(16)9-5-3-2-4-6-9/h2-8H,1H3. The molecule has 0 amide bonds. The number of rotatable bonds is 3. The Morgan fingerprint density at radius 2 is 1.94 bits per heavy atom. The first kappa shape index (κ1) is 11.8. The predicted molar refractivity (Wildman–Crippen MR) is 64.8 cm³/mol. The third-order valence-corrected chi connectivity index (χ3v) is 2.42. The molecule has 1 aromatic heterocycles. The van der Waals surface area contributed by atoms with E-state index < -0.39 is 4.92 Å². The van der Waals surface area contributed by atoms with E-state index in [0.717, 1.165) is 0 Å². The van der Waals surface area contributed by atoms with Gasteiger partial charge in [-0.05, 0) is 4.92 Å². The molecular weight excluding hydrogens is 236 g/mol. The van der Waals surface area contributed by atoms with Crippen molar-refractivity contribution >= 4 is 17.9 Å². The third kappa shape index (κ3) is 2.19. The van der Waals surface area contributed by atoms with E-state index in [9.17, 15) is 15.3 Å². The predicted octanol–water partition coefficient (Wildman–Crippen LogP) is 1.59. The summed E-state index contributed by atoms with van der Waals surface area (Å²) in [6.45, 7) is 0. The maximum Gasteiger partial charge on any atom is 0.435 e. The zero-order valence-corrected chi connectivity index (χ0v) is 9.56. The van der Waals surface area contributed by atoms with Crippen LogP contribution in [0.25, 0.3) is 0 Å². The molecule has 2 aromatic rings. The SMILES string of the molecule is Cn1c(C=[N+]([O-])c2ccccc2)cnc1[N+](=O)[O-]. The summed E-state index contributed by atoms with van der Waals surface area (Å²) in [4.78, 5) is 13.6. The fourth-order valence-corrected chi connectivity index (χ4v) is 1.47. The molecule has 0 bridgehead atoms. The Morgan fingerprint density at radius 3 is 2.50 bits per heavy atom. The molecule has 0 aliphatic heterocycles. The first-order valence-electron chi connectivity index (χ1n) is 5.12. The molecule has 0 aliphatic carbocycles. The Hall–Kier alpha value is -2.70. The molecule has 0 saturated carbocycles. The Kier molecular flexibility index (Phi) is 3.05. The van der Waals surface area contributed by atoms with Crippen molar-refractivity contribution in [3.63, 3.8) is 0 Å². The van der Waals surface area contributed by atoms with Crippen molar-refractivity contribution in [2.24, 2.45) is 7.05 Å². The lowest BCUT2D eigenvalue weighted by Crippen LogP contribution is -2.05. The minimum atomic E-state index is -0.602. The van der Waals surface area contributed by atoms with E-state index in [4.69, 9.17) is 0 Å². The summed E-state index contributed by atoms with van der Waals surface area (Å²) >= 11 is 0. The van der Waals surface area contributed by atoms with Crippen molar-refractivity contribution in [1.82, 2.24) is 9.55 Å². The van der Waals surface area contributed by atoms with Crippen molar-refractivity contribution in [1.29, 1.82) is 0 Å². The van der Waals surface area contributed by atoms with Crippen LogP contribution in [-0.2, 0) is 7.05 Å². The van der Waals surface area contributed by atoms with Crippen LogP contribution in [0.1, 0.15) is 5.69 Å². The lowest BCUT2D eigenvalue weighted by Gasteiger charge is -2.01. The van der Waals surface area contributed by atoms with Crippen LogP contribution in [0.2, 0.25) is 0 Å². The first-order valence-corrected chi connectivity index (χ1v) is 5.12. The number of nitro groups is 1. The van der Waals surface area contributed by atoms with E-state index in [0.29, 0.717) is 16.1 Å². The van der Waals surface area contributed by atoms with E-state index in [2.05, 4.69) is 4.98 Å². The van der Waals surface area contributed by atoms with Crippen LogP contribution < -0.4 is 0 Å². The Morgan fingerprint density at radius 1 is 1.28 bits per heavy atom. The van der Waals surface area contributed by atoms with Crippen molar-refractivity contribution < 1.29 is 9.66 Å². The van der Waals surface area contributed by atoms with E-state index in [1.807, 2.05) is 0 Å². The average Bonchev–Trinajstić information content (AvgIpc) is 2.72. The molecule has 7 nitrogen and oxygen atoms in total. The van der Waals surface area contributed by atoms with Gasteiger partial charge >= 0.3 is 5.95 Å². The molecule has 2 rings (SSSR count). The molecule has 18 heavy (non-hydrogen) atoms. The molecule has 1 heterocycles. The normalized spacial score (nSPS) is 11.5. The van der Waals surface area contributed by atoms with Crippen LogP contribution in [-0.4, -0.2) is 25.4 Å². The van der Waals surface area contributed by atoms with E-state index >= 15 is 0 Å². The molecule has 1 aromatic carbocycles. The van der Waals surface area contributed by atoms with Crippen molar-refractivity contribution in [2.45, 2.75) is 0 Å². The molecule has 0 fully saturated rings. The molecular formula is C11H10N4O3. The van der Waals surface area contributed by atoms with Crippen LogP contribution in [0, 0.1) is 15.3 Å². The number of para-hydroxylation sites is 1. The molecule has 0 aliphatic rings. The number of aromatic nitrogens is 2. The first-order chi connectivity index (χ1) is 8.59. The zero-order valence-electron chi connectivity index (χ0n) is 9.56. The van der Waals surface area contributed by atoms with Gasteiger partial charge in [0.15, 0.2) is 6.20 Å². The minimum Gasteiger partial charge on any atom is -0.618 e. The Labute approximate surface area is 102 Å². The highest BCUT2D eigenvalue weighted by atomic mass is 16.6. The number of nitrogens with zero attached hydrogens (tertiary/aromatic N) is 4. The van der Waals surface area contributed by atoms with Gasteiger partial charge in [-0.2, -0.15) is 4.74 Å². The van der Waals surface area contributed by atoms with Gasteiger partial charge in [-0.1, -0.05) is 23.2 Å². The molecule has 0 radical (unpaired) electrons. The number of imidazole rings is 1. The summed E-state index contributed by atoms with van der Waals surface area (Å²) in [5.41, 5.74) is 0.807. The average molecular weight is 246 g/mol. The fraction of sp³-hybridized carbons (Fsp3) is 0.0909. The van der Waals surface area contributed by atoms with Gasteiger partial charge in [-0.15, -0.1) is 0 Å². The van der Waals surface area contributed by atoms with Crippen molar-refractivity contribution in [3.8, 4) is 0 Å². The van der Waals surface area contributed by atoms with Gasteiger partial charge in [-0.3, -0.25) is 0 Å². The highest BCUT2D eigenvalue weighted by molar-refractivity contribution is 5.74. The lowest BCUT2D eigenvalue weighted by atomic mass is 10.3.